The van der Waals surface area contributed by atoms with Crippen LogP contribution in [0.4, 0.5) is 11.4 Å². The SMILES string of the molecule is C[C@@H]1CCCN(C(=O)CN(c2cccc([N+](=O)[O-])c2)S(C)(=O)=O)C1. The van der Waals surface area contributed by atoms with E-state index in [-0.39, 0.29) is 23.8 Å². The van der Waals surface area contributed by atoms with Gasteiger partial charge in [-0.25, -0.2) is 8.42 Å². The van der Waals surface area contributed by atoms with Crippen molar-refractivity contribution < 1.29 is 18.1 Å². The van der Waals surface area contributed by atoms with Crippen molar-refractivity contribution in [3.8, 4) is 0 Å². The van der Waals surface area contributed by atoms with E-state index in [1.54, 1.807) is 4.90 Å². The van der Waals surface area contributed by atoms with Crippen LogP contribution in [0.3, 0.4) is 0 Å². The molecule has 1 fully saturated rings. The van der Waals surface area contributed by atoms with E-state index in [4.69, 9.17) is 0 Å². The number of sulfonamides is 1. The number of benzene rings is 1. The topological polar surface area (TPSA) is 101 Å². The van der Waals surface area contributed by atoms with Gasteiger partial charge in [0.05, 0.1) is 16.9 Å². The minimum Gasteiger partial charge on any atom is -0.341 e. The molecule has 1 aromatic rings. The molecule has 2 rings (SSSR count). The number of nitro benzene ring substituents is 1. The quantitative estimate of drug-likeness (QED) is 0.590. The molecule has 0 spiro atoms. The standard InChI is InChI=1S/C15H21N3O5S/c1-12-5-4-8-16(10-12)15(19)11-17(24(2,22)23)13-6-3-7-14(9-13)18(20)21/h3,6-7,9,12H,4-5,8,10-11H2,1-2H3/t12-/m1/s1. The summed E-state index contributed by atoms with van der Waals surface area (Å²) in [5.74, 6) is 0.0886. The van der Waals surface area contributed by atoms with Crippen molar-refractivity contribution in [1.29, 1.82) is 0 Å². The molecular weight excluding hydrogens is 334 g/mol. The van der Waals surface area contributed by atoms with E-state index in [0.29, 0.717) is 19.0 Å². The second kappa shape index (κ2) is 7.16. The fraction of sp³-hybridized carbons (Fsp3) is 0.533. The number of non-ortho nitro benzene ring substituents is 1. The number of nitrogens with zero attached hydrogens (tertiary/aromatic N) is 3. The van der Waals surface area contributed by atoms with Gasteiger partial charge in [-0.3, -0.25) is 19.2 Å². The summed E-state index contributed by atoms with van der Waals surface area (Å²) in [6, 6.07) is 5.28. The molecule has 1 saturated heterocycles. The fourth-order valence-electron chi connectivity index (χ4n) is 2.80. The largest absolute Gasteiger partial charge is 0.341 e. The van der Waals surface area contributed by atoms with Crippen LogP contribution < -0.4 is 4.31 Å². The van der Waals surface area contributed by atoms with Gasteiger partial charge in [-0.15, -0.1) is 0 Å². The molecule has 0 saturated carbocycles. The van der Waals surface area contributed by atoms with Gasteiger partial charge in [-0.05, 0) is 24.8 Å². The third-order valence-electron chi connectivity index (χ3n) is 4.02. The van der Waals surface area contributed by atoms with Crippen molar-refractivity contribution >= 4 is 27.3 Å². The number of rotatable bonds is 5. The summed E-state index contributed by atoms with van der Waals surface area (Å²) in [6.07, 6.45) is 2.92. The highest BCUT2D eigenvalue weighted by Gasteiger charge is 2.27. The van der Waals surface area contributed by atoms with Crippen LogP contribution in [0.25, 0.3) is 0 Å². The van der Waals surface area contributed by atoms with E-state index < -0.39 is 14.9 Å². The van der Waals surface area contributed by atoms with Crippen LogP contribution in [0.15, 0.2) is 24.3 Å². The number of carbonyl (C=O) groups is 1. The van der Waals surface area contributed by atoms with Gasteiger partial charge in [0, 0.05) is 25.2 Å². The molecule has 0 aromatic heterocycles. The number of nitro groups is 1. The minimum absolute atomic E-state index is 0.116. The van der Waals surface area contributed by atoms with Crippen molar-refractivity contribution in [2.75, 3.05) is 30.2 Å². The highest BCUT2D eigenvalue weighted by Crippen LogP contribution is 2.24. The molecule has 132 valence electrons. The predicted molar refractivity (Wildman–Crippen MR) is 90.3 cm³/mol. The van der Waals surface area contributed by atoms with E-state index in [0.717, 1.165) is 29.5 Å². The first-order chi connectivity index (χ1) is 11.2. The fourth-order valence-corrected chi connectivity index (χ4v) is 3.64. The van der Waals surface area contributed by atoms with Crippen LogP contribution in [0.1, 0.15) is 19.8 Å². The number of hydrogen-bond acceptors (Lipinski definition) is 5. The molecule has 0 N–H and O–H groups in total. The summed E-state index contributed by atoms with van der Waals surface area (Å²) in [6.45, 7) is 2.90. The van der Waals surface area contributed by atoms with E-state index in [1.165, 1.54) is 18.2 Å². The Morgan fingerprint density at radius 2 is 2.17 bits per heavy atom. The third-order valence-corrected chi connectivity index (χ3v) is 5.16. The molecule has 9 heteroatoms. The van der Waals surface area contributed by atoms with Crippen LogP contribution in [-0.4, -0.2) is 50.0 Å². The Morgan fingerprint density at radius 1 is 1.46 bits per heavy atom. The van der Waals surface area contributed by atoms with Gasteiger partial charge in [0.15, 0.2) is 0 Å². The second-order valence-corrected chi connectivity index (χ2v) is 8.04. The molecule has 0 bridgehead atoms. The lowest BCUT2D eigenvalue weighted by molar-refractivity contribution is -0.384. The first-order valence-electron chi connectivity index (χ1n) is 7.68. The Balaban J connectivity index is 2.25. The number of likely N-dealkylation sites (tertiary alicyclic amines) is 1. The van der Waals surface area contributed by atoms with E-state index in [2.05, 4.69) is 0 Å². The Bertz CT molecular complexity index is 734. The number of anilines is 1. The van der Waals surface area contributed by atoms with Crippen LogP contribution in [0, 0.1) is 16.0 Å². The molecule has 1 aliphatic heterocycles. The van der Waals surface area contributed by atoms with Gasteiger partial charge in [0.1, 0.15) is 6.54 Å². The summed E-state index contributed by atoms with van der Waals surface area (Å²) in [5.41, 5.74) is -0.106. The molecular formula is C15H21N3O5S. The summed E-state index contributed by atoms with van der Waals surface area (Å²) >= 11 is 0. The molecule has 0 radical (unpaired) electrons. The predicted octanol–water partition coefficient (Wildman–Crippen LogP) is 1.62. The normalized spacial score (nSPS) is 18.2. The Hall–Kier alpha value is -2.16. The van der Waals surface area contributed by atoms with Gasteiger partial charge < -0.3 is 4.90 Å². The van der Waals surface area contributed by atoms with Gasteiger partial charge in [0.2, 0.25) is 15.9 Å². The molecule has 0 aliphatic carbocycles. The van der Waals surface area contributed by atoms with E-state index >= 15 is 0 Å². The average Bonchev–Trinajstić information content (AvgIpc) is 2.51. The highest BCUT2D eigenvalue weighted by atomic mass is 32.2. The highest BCUT2D eigenvalue weighted by molar-refractivity contribution is 7.92. The lowest BCUT2D eigenvalue weighted by Crippen LogP contribution is -2.46. The maximum atomic E-state index is 12.5. The van der Waals surface area contributed by atoms with Crippen molar-refractivity contribution in [3.05, 3.63) is 34.4 Å². The summed E-state index contributed by atoms with van der Waals surface area (Å²) in [5, 5.41) is 10.9. The lowest BCUT2D eigenvalue weighted by Gasteiger charge is -2.32. The van der Waals surface area contributed by atoms with Gasteiger partial charge in [-0.1, -0.05) is 13.0 Å². The van der Waals surface area contributed by atoms with Crippen molar-refractivity contribution in [3.63, 3.8) is 0 Å². The summed E-state index contributed by atoms with van der Waals surface area (Å²) in [4.78, 5) is 24.4. The van der Waals surface area contributed by atoms with Gasteiger partial charge in [0.25, 0.3) is 5.69 Å². The van der Waals surface area contributed by atoms with Crippen LogP contribution in [0.2, 0.25) is 0 Å². The summed E-state index contributed by atoms with van der Waals surface area (Å²) in [7, 11) is -3.74. The molecule has 0 unspecified atom stereocenters. The zero-order valence-corrected chi connectivity index (χ0v) is 14.5. The van der Waals surface area contributed by atoms with Crippen LogP contribution in [-0.2, 0) is 14.8 Å². The smallest absolute Gasteiger partial charge is 0.271 e. The van der Waals surface area contributed by atoms with Crippen molar-refractivity contribution in [2.45, 2.75) is 19.8 Å². The first-order valence-corrected chi connectivity index (χ1v) is 9.53. The minimum atomic E-state index is -3.74. The summed E-state index contributed by atoms with van der Waals surface area (Å²) < 4.78 is 25.1. The average molecular weight is 355 g/mol. The molecule has 1 atom stereocenters. The van der Waals surface area contributed by atoms with Gasteiger partial charge in [-0.2, -0.15) is 0 Å². The van der Waals surface area contributed by atoms with Crippen LogP contribution >= 0.6 is 0 Å². The number of piperidine rings is 1. The monoisotopic (exact) mass is 355 g/mol. The van der Waals surface area contributed by atoms with Crippen molar-refractivity contribution in [1.82, 2.24) is 4.90 Å². The number of carbonyl (C=O) groups excluding carboxylic acids is 1. The second-order valence-electron chi connectivity index (χ2n) is 6.13. The molecule has 1 heterocycles. The van der Waals surface area contributed by atoms with Crippen molar-refractivity contribution in [2.24, 2.45) is 5.92 Å². The molecule has 1 amide bonds. The third kappa shape index (κ3) is 4.44. The van der Waals surface area contributed by atoms with E-state index in [1.807, 2.05) is 6.92 Å². The molecule has 8 nitrogen and oxygen atoms in total. The van der Waals surface area contributed by atoms with Crippen LogP contribution in [0.5, 0.6) is 0 Å². The maximum absolute atomic E-state index is 12.5. The molecule has 1 aliphatic rings. The van der Waals surface area contributed by atoms with Gasteiger partial charge >= 0.3 is 0 Å². The zero-order chi connectivity index (χ0) is 17.9. The zero-order valence-electron chi connectivity index (χ0n) is 13.7. The molecule has 1 aromatic carbocycles. The van der Waals surface area contributed by atoms with E-state index in [9.17, 15) is 23.3 Å². The first kappa shape index (κ1) is 18.2. The maximum Gasteiger partial charge on any atom is 0.271 e. The number of hydrogen-bond donors (Lipinski definition) is 0. The molecule has 24 heavy (non-hydrogen) atoms. The lowest BCUT2D eigenvalue weighted by atomic mass is 10.0. The Kier molecular flexibility index (Phi) is 5.43. The number of amides is 1. The Morgan fingerprint density at radius 3 is 2.75 bits per heavy atom. The Labute approximate surface area is 141 Å².